The highest BCUT2D eigenvalue weighted by molar-refractivity contribution is 5.11. The Morgan fingerprint density at radius 1 is 1.25 bits per heavy atom. The molecule has 0 saturated heterocycles. The maximum absolute atomic E-state index is 9.37. The molecule has 2 aliphatic rings. The summed E-state index contributed by atoms with van der Waals surface area (Å²) < 4.78 is 0. The van der Waals surface area contributed by atoms with Crippen LogP contribution in [0.1, 0.15) is 32.1 Å². The molecule has 5 N–H and O–H groups in total. The average Bonchev–Trinajstić information content (AvgIpc) is 2.08. The van der Waals surface area contributed by atoms with Crippen LogP contribution in [0.3, 0.4) is 0 Å². The second kappa shape index (κ2) is 2.69. The molecule has 70 valence electrons. The first-order chi connectivity index (χ1) is 5.67. The fourth-order valence-electron chi connectivity index (χ4n) is 2.83. The predicted molar refractivity (Wildman–Crippen MR) is 47.5 cm³/mol. The van der Waals surface area contributed by atoms with Crippen molar-refractivity contribution >= 4 is 0 Å². The van der Waals surface area contributed by atoms with Gasteiger partial charge in [0, 0.05) is 17.5 Å². The molecule has 2 rings (SSSR count). The predicted octanol–water partition coefficient (Wildman–Crippen LogP) is -0.0340. The van der Waals surface area contributed by atoms with Crippen molar-refractivity contribution in [3.63, 3.8) is 0 Å². The summed E-state index contributed by atoms with van der Waals surface area (Å²) >= 11 is 0. The van der Waals surface area contributed by atoms with Crippen molar-refractivity contribution in [2.45, 2.75) is 50.3 Å². The second-order valence-corrected chi connectivity index (χ2v) is 4.38. The molecule has 1 spiro atoms. The number of rotatable bonds is 0. The SMILES string of the molecule is NC1CCCCC12CC(O)C2N. The Morgan fingerprint density at radius 3 is 2.50 bits per heavy atom. The van der Waals surface area contributed by atoms with Gasteiger partial charge in [0.1, 0.15) is 0 Å². The van der Waals surface area contributed by atoms with Gasteiger partial charge in [0.15, 0.2) is 0 Å². The minimum absolute atomic E-state index is 0.0622. The van der Waals surface area contributed by atoms with Gasteiger partial charge in [-0.2, -0.15) is 0 Å². The van der Waals surface area contributed by atoms with E-state index in [1.807, 2.05) is 0 Å². The standard InChI is InChI=1S/C9H18N2O/c10-7-3-1-2-4-9(7)5-6(12)8(9)11/h6-8,12H,1-5,10-11H2. The molecule has 4 unspecified atom stereocenters. The summed E-state index contributed by atoms with van der Waals surface area (Å²) in [5, 5.41) is 9.37. The molecule has 0 aromatic carbocycles. The van der Waals surface area contributed by atoms with Crippen LogP contribution >= 0.6 is 0 Å². The zero-order valence-corrected chi connectivity index (χ0v) is 7.37. The molecule has 2 saturated carbocycles. The first-order valence-electron chi connectivity index (χ1n) is 4.86. The van der Waals surface area contributed by atoms with Crippen molar-refractivity contribution in [1.29, 1.82) is 0 Å². The molecule has 0 heterocycles. The minimum Gasteiger partial charge on any atom is -0.391 e. The quantitative estimate of drug-likeness (QED) is 0.478. The largest absolute Gasteiger partial charge is 0.391 e. The number of aliphatic hydroxyl groups is 1. The van der Waals surface area contributed by atoms with Crippen molar-refractivity contribution in [2.24, 2.45) is 16.9 Å². The van der Waals surface area contributed by atoms with Crippen molar-refractivity contribution < 1.29 is 5.11 Å². The fourth-order valence-corrected chi connectivity index (χ4v) is 2.83. The van der Waals surface area contributed by atoms with E-state index in [0.717, 1.165) is 19.3 Å². The van der Waals surface area contributed by atoms with Crippen LogP contribution < -0.4 is 11.5 Å². The van der Waals surface area contributed by atoms with Gasteiger partial charge < -0.3 is 16.6 Å². The smallest absolute Gasteiger partial charge is 0.0703 e. The fraction of sp³-hybridized carbons (Fsp3) is 1.00. The molecule has 0 radical (unpaired) electrons. The zero-order valence-electron chi connectivity index (χ0n) is 7.37. The van der Waals surface area contributed by atoms with Gasteiger partial charge in [0.2, 0.25) is 0 Å². The minimum atomic E-state index is -0.297. The number of hydrogen-bond acceptors (Lipinski definition) is 3. The monoisotopic (exact) mass is 170 g/mol. The van der Waals surface area contributed by atoms with Gasteiger partial charge in [-0.15, -0.1) is 0 Å². The maximum atomic E-state index is 9.37. The zero-order chi connectivity index (χ0) is 8.77. The summed E-state index contributed by atoms with van der Waals surface area (Å²) in [5.74, 6) is 0. The van der Waals surface area contributed by atoms with Crippen LogP contribution in [-0.4, -0.2) is 23.3 Å². The van der Waals surface area contributed by atoms with Crippen LogP contribution in [-0.2, 0) is 0 Å². The van der Waals surface area contributed by atoms with Crippen molar-refractivity contribution in [3.05, 3.63) is 0 Å². The number of hydrogen-bond donors (Lipinski definition) is 3. The first kappa shape index (κ1) is 8.48. The van der Waals surface area contributed by atoms with Crippen molar-refractivity contribution in [3.8, 4) is 0 Å². The molecule has 4 atom stereocenters. The number of aliphatic hydroxyl groups excluding tert-OH is 1. The maximum Gasteiger partial charge on any atom is 0.0703 e. The molecule has 0 aliphatic heterocycles. The molecule has 0 aromatic rings. The first-order valence-corrected chi connectivity index (χ1v) is 4.86. The topological polar surface area (TPSA) is 72.3 Å². The van der Waals surface area contributed by atoms with Gasteiger partial charge in [0.05, 0.1) is 6.10 Å². The lowest BCUT2D eigenvalue weighted by molar-refractivity contribution is -0.0904. The second-order valence-electron chi connectivity index (χ2n) is 4.38. The van der Waals surface area contributed by atoms with Gasteiger partial charge >= 0.3 is 0 Å². The molecule has 12 heavy (non-hydrogen) atoms. The van der Waals surface area contributed by atoms with Gasteiger partial charge in [-0.3, -0.25) is 0 Å². The van der Waals surface area contributed by atoms with Gasteiger partial charge in [-0.1, -0.05) is 12.8 Å². The summed E-state index contributed by atoms with van der Waals surface area (Å²) in [4.78, 5) is 0. The Hall–Kier alpha value is -0.120. The third-order valence-electron chi connectivity index (χ3n) is 3.81. The lowest BCUT2D eigenvalue weighted by atomic mass is 9.54. The van der Waals surface area contributed by atoms with E-state index in [-0.39, 0.29) is 23.6 Å². The Morgan fingerprint density at radius 2 is 2.00 bits per heavy atom. The molecule has 2 fully saturated rings. The molecular weight excluding hydrogens is 152 g/mol. The number of nitrogens with two attached hydrogens (primary N) is 2. The van der Waals surface area contributed by atoms with Crippen molar-refractivity contribution in [2.75, 3.05) is 0 Å². The molecule has 3 heteroatoms. The summed E-state index contributed by atoms with van der Waals surface area (Å²) in [6.45, 7) is 0. The molecule has 0 aromatic heterocycles. The van der Waals surface area contributed by atoms with E-state index in [1.165, 1.54) is 12.8 Å². The summed E-state index contributed by atoms with van der Waals surface area (Å²) in [7, 11) is 0. The van der Waals surface area contributed by atoms with E-state index in [9.17, 15) is 5.11 Å². The van der Waals surface area contributed by atoms with Crippen LogP contribution in [0.2, 0.25) is 0 Å². The highest BCUT2D eigenvalue weighted by Gasteiger charge is 2.55. The molecule has 0 amide bonds. The summed E-state index contributed by atoms with van der Waals surface area (Å²) in [6.07, 6.45) is 5.19. The average molecular weight is 170 g/mol. The van der Waals surface area contributed by atoms with E-state index in [0.29, 0.717) is 0 Å². The van der Waals surface area contributed by atoms with Crippen LogP contribution in [0.4, 0.5) is 0 Å². The lowest BCUT2D eigenvalue weighted by Gasteiger charge is -2.56. The third kappa shape index (κ3) is 0.934. The Labute approximate surface area is 73.1 Å². The summed E-state index contributed by atoms with van der Waals surface area (Å²) in [5.41, 5.74) is 12.0. The lowest BCUT2D eigenvalue weighted by Crippen LogP contribution is -2.68. The Bertz CT molecular complexity index is 175. The van der Waals surface area contributed by atoms with E-state index in [4.69, 9.17) is 11.5 Å². The van der Waals surface area contributed by atoms with E-state index < -0.39 is 0 Å². The third-order valence-corrected chi connectivity index (χ3v) is 3.81. The van der Waals surface area contributed by atoms with Crippen LogP contribution in [0.15, 0.2) is 0 Å². The Kier molecular flexibility index (Phi) is 1.90. The van der Waals surface area contributed by atoms with E-state index >= 15 is 0 Å². The van der Waals surface area contributed by atoms with E-state index in [1.54, 1.807) is 0 Å². The van der Waals surface area contributed by atoms with Gasteiger partial charge in [-0.25, -0.2) is 0 Å². The highest BCUT2D eigenvalue weighted by Crippen LogP contribution is 2.49. The van der Waals surface area contributed by atoms with Crippen molar-refractivity contribution in [1.82, 2.24) is 0 Å². The van der Waals surface area contributed by atoms with Crippen LogP contribution in [0, 0.1) is 5.41 Å². The van der Waals surface area contributed by atoms with Crippen LogP contribution in [0.5, 0.6) is 0 Å². The van der Waals surface area contributed by atoms with Gasteiger partial charge in [-0.05, 0) is 19.3 Å². The normalized spacial score (nSPS) is 53.8. The molecule has 3 nitrogen and oxygen atoms in total. The van der Waals surface area contributed by atoms with Crippen LogP contribution in [0.25, 0.3) is 0 Å². The summed E-state index contributed by atoms with van der Waals surface area (Å²) in [6, 6.07) is 0.164. The van der Waals surface area contributed by atoms with E-state index in [2.05, 4.69) is 0 Å². The highest BCUT2D eigenvalue weighted by atomic mass is 16.3. The molecule has 0 bridgehead atoms. The van der Waals surface area contributed by atoms with Gasteiger partial charge in [0.25, 0.3) is 0 Å². The molecular formula is C9H18N2O. The Balaban J connectivity index is 2.09. The molecule has 2 aliphatic carbocycles.